The van der Waals surface area contributed by atoms with E-state index in [-0.39, 0.29) is 24.2 Å². The SMILES string of the molecule is CN1CCCn2c(CCO)nc3cccc(c32)-c2cccc(n2)N[C@H]2C[C@@H](C1=O)N(c1ncnc3c1cnn3-c1ccc(F)cc1F)C2. The number of hydrogen-bond donors (Lipinski definition) is 2. The van der Waals surface area contributed by atoms with Crippen molar-refractivity contribution in [2.24, 2.45) is 0 Å². The number of rotatable bonds is 4. The average molecular weight is 651 g/mol. The van der Waals surface area contributed by atoms with E-state index in [2.05, 4.69) is 25.0 Å². The molecule has 2 aromatic carbocycles. The minimum absolute atomic E-state index is 0.0261. The number of hydrogen-bond acceptors (Lipinski definition) is 9. The average Bonchev–Trinajstić information content (AvgIpc) is 3.80. The molecular weight excluding hydrogens is 618 g/mol. The molecule has 4 bridgehead atoms. The van der Waals surface area contributed by atoms with Crippen LogP contribution in [-0.4, -0.2) is 89.0 Å². The van der Waals surface area contributed by atoms with Crippen LogP contribution in [0.1, 0.15) is 18.7 Å². The van der Waals surface area contributed by atoms with Gasteiger partial charge in [-0.15, -0.1) is 0 Å². The van der Waals surface area contributed by atoms with Gasteiger partial charge in [-0.1, -0.05) is 18.2 Å². The Morgan fingerprint density at radius 1 is 1.04 bits per heavy atom. The highest BCUT2D eigenvalue weighted by molar-refractivity contribution is 5.93. The van der Waals surface area contributed by atoms with Crippen molar-refractivity contribution in [3.8, 4) is 16.9 Å². The number of aliphatic hydroxyl groups excluding tert-OH is 1. The third kappa shape index (κ3) is 5.08. The van der Waals surface area contributed by atoms with Gasteiger partial charge >= 0.3 is 0 Å². The van der Waals surface area contributed by atoms with Crippen molar-refractivity contribution in [2.75, 3.05) is 37.0 Å². The van der Waals surface area contributed by atoms with Crippen molar-refractivity contribution in [1.82, 2.24) is 39.2 Å². The van der Waals surface area contributed by atoms with Gasteiger partial charge in [0.2, 0.25) is 5.91 Å². The summed E-state index contributed by atoms with van der Waals surface area (Å²) >= 11 is 0. The molecule has 0 saturated carbocycles. The molecule has 1 amide bonds. The van der Waals surface area contributed by atoms with E-state index in [9.17, 15) is 18.7 Å². The lowest BCUT2D eigenvalue weighted by atomic mass is 10.1. The van der Waals surface area contributed by atoms with Gasteiger partial charge in [-0.3, -0.25) is 4.79 Å². The number of para-hydroxylation sites is 1. The lowest BCUT2D eigenvalue weighted by Gasteiger charge is -2.29. The maximum atomic E-state index is 14.8. The topological polar surface area (TPSA) is 130 Å². The second kappa shape index (κ2) is 11.9. The summed E-state index contributed by atoms with van der Waals surface area (Å²) in [5.41, 5.74) is 3.90. The number of aryl methyl sites for hydroxylation is 1. The third-order valence-corrected chi connectivity index (χ3v) is 9.15. The van der Waals surface area contributed by atoms with Crippen LogP contribution in [0.2, 0.25) is 0 Å². The van der Waals surface area contributed by atoms with Crippen molar-refractivity contribution in [3.63, 3.8) is 0 Å². The van der Waals surface area contributed by atoms with Crippen LogP contribution in [0, 0.1) is 11.6 Å². The van der Waals surface area contributed by atoms with Gasteiger partial charge in [0.15, 0.2) is 11.5 Å². The normalized spacial score (nSPS) is 18.3. The second-order valence-corrected chi connectivity index (χ2v) is 12.2. The summed E-state index contributed by atoms with van der Waals surface area (Å²) in [7, 11) is 1.81. The Bertz CT molecular complexity index is 2180. The molecule has 2 aliphatic rings. The van der Waals surface area contributed by atoms with Crippen molar-refractivity contribution in [1.29, 1.82) is 0 Å². The Balaban J connectivity index is 1.19. The van der Waals surface area contributed by atoms with Gasteiger partial charge in [-0.2, -0.15) is 5.10 Å². The van der Waals surface area contributed by atoms with Gasteiger partial charge in [0.05, 0.1) is 34.9 Å². The molecule has 2 aliphatic heterocycles. The van der Waals surface area contributed by atoms with Crippen molar-refractivity contribution < 1.29 is 18.7 Å². The summed E-state index contributed by atoms with van der Waals surface area (Å²) in [5.74, 6) is 0.419. The number of fused-ring (bicyclic) bond motifs is 6. The number of aliphatic hydroxyl groups is 1. The Morgan fingerprint density at radius 3 is 2.77 bits per heavy atom. The number of likely N-dealkylation sites (N-methyl/N-ethyl adjacent to an activating group) is 1. The number of halogens is 2. The van der Waals surface area contributed by atoms with Crippen LogP contribution in [-0.2, 0) is 17.8 Å². The molecule has 4 aromatic heterocycles. The van der Waals surface area contributed by atoms with Gasteiger partial charge < -0.3 is 24.8 Å². The number of nitrogens with one attached hydrogen (secondary N) is 1. The molecule has 48 heavy (non-hydrogen) atoms. The zero-order chi connectivity index (χ0) is 32.9. The number of pyridine rings is 1. The summed E-state index contributed by atoms with van der Waals surface area (Å²) in [6, 6.07) is 14.4. The first-order chi connectivity index (χ1) is 23.4. The lowest BCUT2D eigenvalue weighted by molar-refractivity contribution is -0.131. The number of imidazole rings is 1. The maximum Gasteiger partial charge on any atom is 0.245 e. The van der Waals surface area contributed by atoms with Crippen LogP contribution in [0.25, 0.3) is 39.0 Å². The molecule has 0 unspecified atom stereocenters. The highest BCUT2D eigenvalue weighted by atomic mass is 19.1. The molecule has 2 N–H and O–H groups in total. The lowest BCUT2D eigenvalue weighted by Crippen LogP contribution is -2.45. The largest absolute Gasteiger partial charge is 0.396 e. The number of benzene rings is 2. The maximum absolute atomic E-state index is 14.8. The Hall–Kier alpha value is -5.50. The number of carbonyl (C=O) groups excluding carboxylic acids is 1. The summed E-state index contributed by atoms with van der Waals surface area (Å²) in [6.45, 7) is 1.50. The molecule has 0 radical (unpaired) electrons. The highest BCUT2D eigenvalue weighted by Gasteiger charge is 2.40. The quantitative estimate of drug-likeness (QED) is 0.291. The Kier molecular flexibility index (Phi) is 7.43. The van der Waals surface area contributed by atoms with Crippen molar-refractivity contribution >= 4 is 39.6 Å². The fourth-order valence-electron chi connectivity index (χ4n) is 6.98. The predicted molar refractivity (Wildman–Crippen MR) is 176 cm³/mol. The molecule has 1 saturated heterocycles. The van der Waals surface area contributed by atoms with Gasteiger partial charge in [0.25, 0.3) is 0 Å². The van der Waals surface area contributed by atoms with Gasteiger partial charge in [0, 0.05) is 50.8 Å². The third-order valence-electron chi connectivity index (χ3n) is 9.15. The minimum atomic E-state index is -0.773. The number of amides is 1. The second-order valence-electron chi connectivity index (χ2n) is 12.2. The van der Waals surface area contributed by atoms with E-state index in [0.717, 1.165) is 34.2 Å². The smallest absolute Gasteiger partial charge is 0.245 e. The van der Waals surface area contributed by atoms with E-state index in [0.29, 0.717) is 61.6 Å². The summed E-state index contributed by atoms with van der Waals surface area (Å²) in [6.07, 6.45) is 4.48. The van der Waals surface area contributed by atoms with Gasteiger partial charge in [-0.05, 0) is 43.2 Å². The Labute approximate surface area is 273 Å². The van der Waals surface area contributed by atoms with E-state index < -0.39 is 17.7 Å². The van der Waals surface area contributed by atoms with Crippen molar-refractivity contribution in [3.05, 3.63) is 84.6 Å². The van der Waals surface area contributed by atoms with E-state index in [4.69, 9.17) is 9.97 Å². The molecule has 6 heterocycles. The predicted octanol–water partition coefficient (Wildman–Crippen LogP) is 3.96. The molecule has 8 rings (SSSR count). The fourth-order valence-corrected chi connectivity index (χ4v) is 6.98. The number of aromatic nitrogens is 7. The van der Waals surface area contributed by atoms with Gasteiger partial charge in [0.1, 0.15) is 41.3 Å². The molecule has 1 fully saturated rings. The summed E-state index contributed by atoms with van der Waals surface area (Å²) < 4.78 is 31.9. The molecule has 0 spiro atoms. The number of nitrogens with zero attached hydrogens (tertiary/aromatic N) is 9. The molecule has 244 valence electrons. The van der Waals surface area contributed by atoms with E-state index in [1.165, 1.54) is 23.1 Å². The van der Waals surface area contributed by atoms with Crippen LogP contribution >= 0.6 is 0 Å². The first-order valence-corrected chi connectivity index (χ1v) is 15.9. The zero-order valence-corrected chi connectivity index (χ0v) is 26.1. The van der Waals surface area contributed by atoms with Crippen LogP contribution in [0.4, 0.5) is 20.4 Å². The van der Waals surface area contributed by atoms with Gasteiger partial charge in [-0.25, -0.2) is 33.4 Å². The molecule has 12 nitrogen and oxygen atoms in total. The van der Waals surface area contributed by atoms with Crippen LogP contribution in [0.3, 0.4) is 0 Å². The molecular formula is C34H32F2N10O2. The molecule has 14 heteroatoms. The van der Waals surface area contributed by atoms with E-state index in [1.807, 2.05) is 41.3 Å². The first kappa shape index (κ1) is 29.9. The monoisotopic (exact) mass is 650 g/mol. The summed E-state index contributed by atoms with van der Waals surface area (Å²) in [5, 5.41) is 18.3. The van der Waals surface area contributed by atoms with Crippen molar-refractivity contribution in [2.45, 2.75) is 37.9 Å². The highest BCUT2D eigenvalue weighted by Crippen LogP contribution is 2.34. The standard InChI is InChI=1S/C34H32F2N10O2/c1-43-12-4-13-44-30(11-14-47)42-26-7-2-5-22(31(26)44)25-6-3-8-29(41-25)40-21-16-28(34(43)48)45(18-21)32-23-17-39-46(33(23)38-19-37-32)27-10-9-20(35)15-24(27)36/h2-3,5-10,15,17,19,21,28,47H,4,11-14,16,18H2,1H3,(H,40,41)/t21-,28-/m0/s1. The van der Waals surface area contributed by atoms with E-state index in [1.54, 1.807) is 18.1 Å². The molecule has 2 atom stereocenters. The molecule has 0 aliphatic carbocycles. The van der Waals surface area contributed by atoms with E-state index >= 15 is 0 Å². The minimum Gasteiger partial charge on any atom is -0.396 e. The zero-order valence-electron chi connectivity index (χ0n) is 26.1. The number of carbonyl (C=O) groups is 1. The molecule has 6 aromatic rings. The van der Waals surface area contributed by atoms with Crippen LogP contribution in [0.15, 0.2) is 67.1 Å². The summed E-state index contributed by atoms with van der Waals surface area (Å²) in [4.78, 5) is 36.7. The Morgan fingerprint density at radius 2 is 1.92 bits per heavy atom. The number of anilines is 2. The van der Waals surface area contributed by atoms with Crippen LogP contribution in [0.5, 0.6) is 0 Å². The first-order valence-electron chi connectivity index (χ1n) is 15.9. The van der Waals surface area contributed by atoms with Crippen LogP contribution < -0.4 is 10.2 Å². The fraction of sp³-hybridized carbons (Fsp3) is 0.294.